The zero-order valence-corrected chi connectivity index (χ0v) is 19.0. The quantitative estimate of drug-likeness (QED) is 0.317. The van der Waals surface area contributed by atoms with Crippen molar-refractivity contribution in [2.24, 2.45) is 0 Å². The molecule has 0 saturated carbocycles. The lowest BCUT2D eigenvalue weighted by Crippen LogP contribution is -2.15. The van der Waals surface area contributed by atoms with E-state index in [0.717, 1.165) is 17.2 Å². The highest BCUT2D eigenvalue weighted by Gasteiger charge is 2.18. The maximum Gasteiger partial charge on any atom is 0.234 e. The van der Waals surface area contributed by atoms with Crippen molar-refractivity contribution in [2.45, 2.75) is 11.7 Å². The van der Waals surface area contributed by atoms with Crippen LogP contribution in [0.5, 0.6) is 0 Å². The molecule has 1 amide bonds. The van der Waals surface area contributed by atoms with Gasteiger partial charge in [-0.3, -0.25) is 9.36 Å². The lowest BCUT2D eigenvalue weighted by molar-refractivity contribution is -0.113. The van der Waals surface area contributed by atoms with E-state index in [2.05, 4.69) is 15.5 Å². The first-order valence-corrected chi connectivity index (χ1v) is 11.3. The summed E-state index contributed by atoms with van der Waals surface area (Å²) >= 11 is 13.6. The van der Waals surface area contributed by atoms with Gasteiger partial charge in [-0.25, -0.2) is 4.39 Å². The summed E-state index contributed by atoms with van der Waals surface area (Å²) in [6, 6.07) is 21.1. The minimum absolute atomic E-state index is 0.0726. The molecule has 3 aromatic carbocycles. The molecule has 5 nitrogen and oxygen atoms in total. The summed E-state index contributed by atoms with van der Waals surface area (Å²) in [4.78, 5) is 12.5. The highest BCUT2D eigenvalue weighted by molar-refractivity contribution is 7.99. The molecule has 4 aromatic rings. The topological polar surface area (TPSA) is 59.8 Å². The molecule has 0 atom stereocenters. The molecular weight excluding hydrogens is 470 g/mol. The zero-order valence-electron chi connectivity index (χ0n) is 16.6. The van der Waals surface area contributed by atoms with Crippen molar-refractivity contribution in [3.05, 3.63) is 94.2 Å². The number of hydrogen-bond donors (Lipinski definition) is 1. The molecule has 0 aliphatic rings. The molecule has 0 aliphatic heterocycles. The standard InChI is InChI=1S/C23H17Cl2FN4OS/c24-18-9-5-4-8-17(18)22-28-29-23(30(22)13-15-6-2-1-3-7-15)32-14-21(31)27-20-11-10-16(26)12-19(20)25/h1-12H,13-14H2,(H,27,31). The molecule has 4 rings (SSSR count). The van der Waals surface area contributed by atoms with Crippen LogP contribution in [0.4, 0.5) is 10.1 Å². The third-order valence-corrected chi connectivity index (χ3v) is 6.16. The Morgan fingerprint density at radius 2 is 1.72 bits per heavy atom. The molecule has 1 aromatic heterocycles. The number of aromatic nitrogens is 3. The summed E-state index contributed by atoms with van der Waals surface area (Å²) in [5, 5.41) is 12.6. The lowest BCUT2D eigenvalue weighted by Gasteiger charge is -2.11. The van der Waals surface area contributed by atoms with Crippen LogP contribution in [0.15, 0.2) is 78.0 Å². The Hall–Kier alpha value is -2.87. The summed E-state index contributed by atoms with van der Waals surface area (Å²) in [6.45, 7) is 0.516. The predicted molar refractivity (Wildman–Crippen MR) is 127 cm³/mol. The highest BCUT2D eigenvalue weighted by Crippen LogP contribution is 2.30. The number of carbonyl (C=O) groups is 1. The fourth-order valence-corrected chi connectivity index (χ4v) is 4.23. The molecule has 0 unspecified atom stereocenters. The lowest BCUT2D eigenvalue weighted by atomic mass is 10.2. The van der Waals surface area contributed by atoms with E-state index in [1.807, 2.05) is 53.1 Å². The van der Waals surface area contributed by atoms with Crippen molar-refractivity contribution < 1.29 is 9.18 Å². The molecule has 0 radical (unpaired) electrons. The molecule has 0 spiro atoms. The van der Waals surface area contributed by atoms with E-state index in [0.29, 0.717) is 28.2 Å². The molecule has 1 N–H and O–H groups in total. The maximum absolute atomic E-state index is 13.2. The summed E-state index contributed by atoms with van der Waals surface area (Å²) in [6.07, 6.45) is 0. The first-order chi connectivity index (χ1) is 15.5. The Morgan fingerprint density at radius 3 is 2.47 bits per heavy atom. The van der Waals surface area contributed by atoms with Crippen molar-refractivity contribution in [2.75, 3.05) is 11.1 Å². The third kappa shape index (κ3) is 5.30. The van der Waals surface area contributed by atoms with E-state index < -0.39 is 5.82 Å². The van der Waals surface area contributed by atoms with Crippen molar-refractivity contribution >= 4 is 46.6 Å². The SMILES string of the molecule is O=C(CSc1nnc(-c2ccccc2Cl)n1Cc1ccccc1)Nc1ccc(F)cc1Cl. The Labute approximate surface area is 198 Å². The van der Waals surface area contributed by atoms with Gasteiger partial charge in [0.1, 0.15) is 5.82 Å². The van der Waals surface area contributed by atoms with Crippen LogP contribution in [-0.4, -0.2) is 26.4 Å². The number of hydrogen-bond acceptors (Lipinski definition) is 4. The molecule has 0 saturated heterocycles. The van der Waals surface area contributed by atoms with E-state index >= 15 is 0 Å². The largest absolute Gasteiger partial charge is 0.324 e. The van der Waals surface area contributed by atoms with Gasteiger partial charge in [-0.05, 0) is 35.9 Å². The van der Waals surface area contributed by atoms with E-state index in [4.69, 9.17) is 23.2 Å². The number of thioether (sulfide) groups is 1. The minimum atomic E-state index is -0.469. The smallest absolute Gasteiger partial charge is 0.234 e. The average Bonchev–Trinajstić information content (AvgIpc) is 3.17. The Balaban J connectivity index is 1.56. The maximum atomic E-state index is 13.2. The van der Waals surface area contributed by atoms with Crippen LogP contribution in [0.1, 0.15) is 5.56 Å². The molecule has 9 heteroatoms. The minimum Gasteiger partial charge on any atom is -0.324 e. The van der Waals surface area contributed by atoms with Gasteiger partial charge in [-0.1, -0.05) is 77.4 Å². The first-order valence-electron chi connectivity index (χ1n) is 9.61. The fraction of sp³-hybridized carbons (Fsp3) is 0.0870. The summed E-state index contributed by atoms with van der Waals surface area (Å²) in [7, 11) is 0. The fourth-order valence-electron chi connectivity index (χ4n) is 3.05. The van der Waals surface area contributed by atoms with Crippen LogP contribution < -0.4 is 5.32 Å². The average molecular weight is 487 g/mol. The van der Waals surface area contributed by atoms with Crippen molar-refractivity contribution in [3.63, 3.8) is 0 Å². The van der Waals surface area contributed by atoms with Crippen molar-refractivity contribution in [1.82, 2.24) is 14.8 Å². The number of rotatable bonds is 7. The van der Waals surface area contributed by atoms with E-state index in [1.165, 1.54) is 23.9 Å². The highest BCUT2D eigenvalue weighted by atomic mass is 35.5. The van der Waals surface area contributed by atoms with E-state index in [1.54, 1.807) is 6.07 Å². The number of benzene rings is 3. The Morgan fingerprint density at radius 1 is 0.969 bits per heavy atom. The van der Waals surface area contributed by atoms with Crippen LogP contribution in [0, 0.1) is 5.82 Å². The number of anilines is 1. The molecule has 1 heterocycles. The van der Waals surface area contributed by atoms with Crippen molar-refractivity contribution in [1.29, 1.82) is 0 Å². The molecule has 0 aliphatic carbocycles. The van der Waals surface area contributed by atoms with E-state index in [-0.39, 0.29) is 16.7 Å². The second kappa shape index (κ2) is 10.2. The first kappa shape index (κ1) is 22.3. The Kier molecular flexibility index (Phi) is 7.09. The van der Waals surface area contributed by atoms with Crippen LogP contribution in [0.3, 0.4) is 0 Å². The van der Waals surface area contributed by atoms with Gasteiger partial charge in [-0.2, -0.15) is 0 Å². The van der Waals surface area contributed by atoms with Gasteiger partial charge in [0.25, 0.3) is 0 Å². The van der Waals surface area contributed by atoms with Gasteiger partial charge in [0.05, 0.1) is 28.0 Å². The summed E-state index contributed by atoms with van der Waals surface area (Å²) in [5.41, 5.74) is 2.16. The molecule has 32 heavy (non-hydrogen) atoms. The normalized spacial score (nSPS) is 10.8. The molecular formula is C23H17Cl2FN4OS. The number of amides is 1. The second-order valence-corrected chi connectivity index (χ2v) is 8.58. The predicted octanol–water partition coefficient (Wildman–Crippen LogP) is 6.17. The third-order valence-electron chi connectivity index (χ3n) is 4.55. The van der Waals surface area contributed by atoms with Crippen LogP contribution in [-0.2, 0) is 11.3 Å². The molecule has 0 fully saturated rings. The Bertz CT molecular complexity index is 1250. The molecule has 162 valence electrons. The van der Waals surface area contributed by atoms with Gasteiger partial charge < -0.3 is 5.32 Å². The van der Waals surface area contributed by atoms with Gasteiger partial charge in [-0.15, -0.1) is 10.2 Å². The molecule has 0 bridgehead atoms. The van der Waals surface area contributed by atoms with Gasteiger partial charge in [0, 0.05) is 5.56 Å². The van der Waals surface area contributed by atoms with Gasteiger partial charge >= 0.3 is 0 Å². The van der Waals surface area contributed by atoms with Crippen LogP contribution >= 0.6 is 35.0 Å². The van der Waals surface area contributed by atoms with Gasteiger partial charge in [0.2, 0.25) is 5.91 Å². The second-order valence-electron chi connectivity index (χ2n) is 6.82. The van der Waals surface area contributed by atoms with Crippen LogP contribution in [0.2, 0.25) is 10.0 Å². The zero-order chi connectivity index (χ0) is 22.5. The summed E-state index contributed by atoms with van der Waals surface area (Å²) in [5.74, 6) is -0.0760. The van der Waals surface area contributed by atoms with Crippen molar-refractivity contribution in [3.8, 4) is 11.4 Å². The number of nitrogens with zero attached hydrogens (tertiary/aromatic N) is 3. The monoisotopic (exact) mass is 486 g/mol. The van der Waals surface area contributed by atoms with E-state index in [9.17, 15) is 9.18 Å². The number of halogens is 3. The summed E-state index contributed by atoms with van der Waals surface area (Å²) < 4.78 is 15.1. The van der Waals surface area contributed by atoms with Gasteiger partial charge in [0.15, 0.2) is 11.0 Å². The number of nitrogens with one attached hydrogen (secondary N) is 1. The number of carbonyl (C=O) groups excluding carboxylic acids is 1. The van der Waals surface area contributed by atoms with Crippen LogP contribution in [0.25, 0.3) is 11.4 Å².